The predicted molar refractivity (Wildman–Crippen MR) is 46.0 cm³/mol. The molecule has 0 unspecified atom stereocenters. The van der Waals surface area contributed by atoms with E-state index >= 15 is 0 Å². The smallest absolute Gasteiger partial charge is 0.0815 e. The second-order valence-corrected chi connectivity index (χ2v) is 3.99. The first-order chi connectivity index (χ1) is 5.79. The lowest BCUT2D eigenvalue weighted by atomic mass is 9.94. The third-order valence-electron chi connectivity index (χ3n) is 2.72. The molecule has 70 valence electrons. The van der Waals surface area contributed by atoms with E-state index in [1.54, 1.807) is 0 Å². The third-order valence-corrected chi connectivity index (χ3v) is 2.72. The van der Waals surface area contributed by atoms with E-state index < -0.39 is 5.60 Å². The van der Waals surface area contributed by atoms with Crippen LogP contribution in [0.3, 0.4) is 0 Å². The molecule has 0 aromatic rings. The topological polar surface area (TPSA) is 41.5 Å². The second-order valence-electron chi connectivity index (χ2n) is 3.99. The Labute approximate surface area is 73.1 Å². The van der Waals surface area contributed by atoms with Crippen LogP contribution in [0, 0.1) is 0 Å². The molecule has 2 fully saturated rings. The summed E-state index contributed by atoms with van der Waals surface area (Å²) in [5, 5.41) is 13.4. The highest BCUT2D eigenvalue weighted by atomic mass is 16.5. The van der Waals surface area contributed by atoms with Gasteiger partial charge in [-0.25, -0.2) is 0 Å². The first-order valence-electron chi connectivity index (χ1n) is 4.82. The SMILES string of the molecule is OC1(CNC2CC2)CCOCC1. The molecule has 1 aliphatic heterocycles. The maximum Gasteiger partial charge on any atom is 0.0815 e. The van der Waals surface area contributed by atoms with Gasteiger partial charge in [-0.1, -0.05) is 0 Å². The standard InChI is InChI=1S/C9H17NO2/c11-9(3-5-12-6-4-9)7-10-8-1-2-8/h8,10-11H,1-7H2. The third kappa shape index (κ3) is 2.19. The van der Waals surface area contributed by atoms with Crippen LogP contribution in [0.2, 0.25) is 0 Å². The van der Waals surface area contributed by atoms with Gasteiger partial charge in [-0.3, -0.25) is 0 Å². The van der Waals surface area contributed by atoms with Gasteiger partial charge in [-0.2, -0.15) is 0 Å². The summed E-state index contributed by atoms with van der Waals surface area (Å²) in [6, 6.07) is 0.692. The fourth-order valence-electron chi connectivity index (χ4n) is 1.55. The molecule has 2 aliphatic rings. The molecule has 3 nitrogen and oxygen atoms in total. The molecule has 0 radical (unpaired) electrons. The van der Waals surface area contributed by atoms with Gasteiger partial charge >= 0.3 is 0 Å². The zero-order valence-electron chi connectivity index (χ0n) is 7.38. The van der Waals surface area contributed by atoms with Crippen molar-refractivity contribution in [3.05, 3.63) is 0 Å². The molecule has 1 saturated heterocycles. The summed E-state index contributed by atoms with van der Waals surface area (Å²) >= 11 is 0. The van der Waals surface area contributed by atoms with Gasteiger partial charge in [0.15, 0.2) is 0 Å². The monoisotopic (exact) mass is 171 g/mol. The van der Waals surface area contributed by atoms with Crippen molar-refractivity contribution in [1.29, 1.82) is 0 Å². The van der Waals surface area contributed by atoms with Crippen LogP contribution in [-0.4, -0.2) is 36.5 Å². The average Bonchev–Trinajstić information content (AvgIpc) is 2.85. The van der Waals surface area contributed by atoms with Gasteiger partial charge in [0, 0.05) is 38.6 Å². The molecule has 3 heteroatoms. The minimum atomic E-state index is -0.485. The number of hydrogen-bond donors (Lipinski definition) is 2. The van der Waals surface area contributed by atoms with Crippen molar-refractivity contribution in [3.63, 3.8) is 0 Å². The van der Waals surface area contributed by atoms with Gasteiger partial charge in [0.2, 0.25) is 0 Å². The van der Waals surface area contributed by atoms with Crippen molar-refractivity contribution in [3.8, 4) is 0 Å². The van der Waals surface area contributed by atoms with E-state index in [0.29, 0.717) is 19.3 Å². The minimum absolute atomic E-state index is 0.485. The van der Waals surface area contributed by atoms with Crippen molar-refractivity contribution in [1.82, 2.24) is 5.32 Å². The molecular formula is C9H17NO2. The summed E-state index contributed by atoms with van der Waals surface area (Å²) in [6.07, 6.45) is 4.14. The molecule has 2 N–H and O–H groups in total. The Morgan fingerprint density at radius 3 is 2.58 bits per heavy atom. The highest BCUT2D eigenvalue weighted by Crippen LogP contribution is 2.23. The highest BCUT2D eigenvalue weighted by molar-refractivity contribution is 4.88. The summed E-state index contributed by atoms with van der Waals surface area (Å²) in [5.74, 6) is 0. The van der Waals surface area contributed by atoms with Crippen molar-refractivity contribution in [2.45, 2.75) is 37.3 Å². The molecular weight excluding hydrogens is 154 g/mol. The lowest BCUT2D eigenvalue weighted by Crippen LogP contribution is -2.45. The van der Waals surface area contributed by atoms with Crippen molar-refractivity contribution in [2.75, 3.05) is 19.8 Å². The van der Waals surface area contributed by atoms with Crippen LogP contribution in [0.1, 0.15) is 25.7 Å². The van der Waals surface area contributed by atoms with Gasteiger partial charge in [-0.05, 0) is 12.8 Å². The van der Waals surface area contributed by atoms with Gasteiger partial charge < -0.3 is 15.2 Å². The molecule has 1 saturated carbocycles. The van der Waals surface area contributed by atoms with Crippen LogP contribution in [0.25, 0.3) is 0 Å². The maximum absolute atomic E-state index is 10.0. The van der Waals surface area contributed by atoms with E-state index in [9.17, 15) is 5.11 Å². The Kier molecular flexibility index (Phi) is 2.35. The Morgan fingerprint density at radius 1 is 1.33 bits per heavy atom. The lowest BCUT2D eigenvalue weighted by molar-refractivity contribution is -0.0617. The summed E-state index contributed by atoms with van der Waals surface area (Å²) in [5.41, 5.74) is -0.485. The second kappa shape index (κ2) is 3.32. The Bertz CT molecular complexity index is 151. The van der Waals surface area contributed by atoms with Gasteiger partial charge in [-0.15, -0.1) is 0 Å². The zero-order valence-corrected chi connectivity index (χ0v) is 7.38. The van der Waals surface area contributed by atoms with E-state index in [1.807, 2.05) is 0 Å². The Balaban J connectivity index is 1.73. The fraction of sp³-hybridized carbons (Fsp3) is 1.00. The summed E-state index contributed by atoms with van der Waals surface area (Å²) in [6.45, 7) is 2.17. The predicted octanol–water partition coefficient (Wildman–Crippen LogP) is 0.280. The maximum atomic E-state index is 10.0. The van der Waals surface area contributed by atoms with E-state index in [-0.39, 0.29) is 0 Å². The summed E-state index contributed by atoms with van der Waals surface area (Å²) < 4.78 is 5.20. The lowest BCUT2D eigenvalue weighted by Gasteiger charge is -2.32. The van der Waals surface area contributed by atoms with Crippen molar-refractivity contribution >= 4 is 0 Å². The molecule has 0 bridgehead atoms. The van der Waals surface area contributed by atoms with Crippen LogP contribution in [-0.2, 0) is 4.74 Å². The molecule has 2 rings (SSSR count). The summed E-state index contributed by atoms with van der Waals surface area (Å²) in [7, 11) is 0. The minimum Gasteiger partial charge on any atom is -0.388 e. The van der Waals surface area contributed by atoms with Crippen LogP contribution in [0.5, 0.6) is 0 Å². The van der Waals surface area contributed by atoms with Gasteiger partial charge in [0.25, 0.3) is 0 Å². The molecule has 1 heterocycles. The number of rotatable bonds is 3. The summed E-state index contributed by atoms with van der Waals surface area (Å²) in [4.78, 5) is 0. The van der Waals surface area contributed by atoms with E-state index in [4.69, 9.17) is 4.74 Å². The molecule has 0 aromatic heterocycles. The molecule has 0 atom stereocenters. The van der Waals surface area contributed by atoms with Crippen molar-refractivity contribution in [2.24, 2.45) is 0 Å². The fourth-order valence-corrected chi connectivity index (χ4v) is 1.55. The largest absolute Gasteiger partial charge is 0.388 e. The number of ether oxygens (including phenoxy) is 1. The van der Waals surface area contributed by atoms with Crippen LogP contribution in [0.15, 0.2) is 0 Å². The number of nitrogens with one attached hydrogen (secondary N) is 1. The normalized spacial score (nSPS) is 28.8. The van der Waals surface area contributed by atoms with Crippen LogP contribution in [0.4, 0.5) is 0 Å². The van der Waals surface area contributed by atoms with Gasteiger partial charge in [0.05, 0.1) is 5.60 Å². The zero-order chi connectivity index (χ0) is 8.44. The van der Waals surface area contributed by atoms with Crippen LogP contribution >= 0.6 is 0 Å². The number of aliphatic hydroxyl groups is 1. The Morgan fingerprint density at radius 2 is 2.00 bits per heavy atom. The highest BCUT2D eigenvalue weighted by Gasteiger charge is 2.31. The van der Waals surface area contributed by atoms with E-state index in [1.165, 1.54) is 12.8 Å². The van der Waals surface area contributed by atoms with Gasteiger partial charge in [0.1, 0.15) is 0 Å². The first-order valence-corrected chi connectivity index (χ1v) is 4.82. The molecule has 0 aromatic carbocycles. The van der Waals surface area contributed by atoms with E-state index in [2.05, 4.69) is 5.32 Å². The quantitative estimate of drug-likeness (QED) is 0.641. The molecule has 1 aliphatic carbocycles. The number of hydrogen-bond acceptors (Lipinski definition) is 3. The Hall–Kier alpha value is -0.120. The molecule has 0 spiro atoms. The molecule has 0 amide bonds. The van der Waals surface area contributed by atoms with Crippen LogP contribution < -0.4 is 5.32 Å². The average molecular weight is 171 g/mol. The molecule has 12 heavy (non-hydrogen) atoms. The van der Waals surface area contributed by atoms with E-state index in [0.717, 1.165) is 19.4 Å². The van der Waals surface area contributed by atoms with Crippen molar-refractivity contribution < 1.29 is 9.84 Å². The first kappa shape index (κ1) is 8.48.